The molecule has 1 fully saturated rings. The summed E-state index contributed by atoms with van der Waals surface area (Å²) >= 11 is 16.5. The molecule has 206 valence electrons. The van der Waals surface area contributed by atoms with Gasteiger partial charge in [0.05, 0.1) is 4.47 Å². The summed E-state index contributed by atoms with van der Waals surface area (Å²) in [6.07, 6.45) is 0.752. The Morgan fingerprint density at radius 3 is 2.26 bits per heavy atom. The van der Waals surface area contributed by atoms with Crippen LogP contribution in [0.2, 0.25) is 8.67 Å². The lowest BCUT2D eigenvalue weighted by molar-refractivity contribution is 0.104. The molecular formula is C26H29BrCl2N2O5S2. The summed E-state index contributed by atoms with van der Waals surface area (Å²) in [6.45, 7) is 2.53. The minimum Gasteiger partial charge on any atom is -0.491 e. The van der Waals surface area contributed by atoms with Crippen LogP contribution in [0.3, 0.4) is 0 Å². The highest BCUT2D eigenvalue weighted by Gasteiger charge is 2.34. The first-order chi connectivity index (χ1) is 18.2. The third kappa shape index (κ3) is 7.85. The minimum absolute atomic E-state index is 0.0446. The van der Waals surface area contributed by atoms with E-state index in [2.05, 4.69) is 21.2 Å². The van der Waals surface area contributed by atoms with Crippen molar-refractivity contribution in [3.8, 4) is 11.5 Å². The number of benzene rings is 2. The van der Waals surface area contributed by atoms with Crippen molar-refractivity contribution in [1.82, 2.24) is 9.62 Å². The van der Waals surface area contributed by atoms with Crippen molar-refractivity contribution in [2.24, 2.45) is 5.92 Å². The fraction of sp³-hybridized carbons (Fsp3) is 0.385. The molecule has 0 unspecified atom stereocenters. The smallest absolute Gasteiger partial charge is 0.246 e. The van der Waals surface area contributed by atoms with Gasteiger partial charge in [-0.1, -0.05) is 53.5 Å². The monoisotopic (exact) mass is 662 g/mol. The minimum atomic E-state index is -3.72. The fourth-order valence-electron chi connectivity index (χ4n) is 4.12. The molecule has 0 radical (unpaired) electrons. The topological polar surface area (TPSA) is 88.1 Å². The molecule has 2 N–H and O–H groups in total. The molecule has 4 rings (SSSR count). The highest BCUT2D eigenvalue weighted by Crippen LogP contribution is 2.44. The zero-order valence-corrected chi connectivity index (χ0v) is 25.2. The molecule has 2 aromatic carbocycles. The van der Waals surface area contributed by atoms with Crippen molar-refractivity contribution in [3.05, 3.63) is 73.3 Å². The van der Waals surface area contributed by atoms with Crippen LogP contribution in [0.15, 0.2) is 64.0 Å². The molecule has 1 saturated heterocycles. The molecule has 2 heterocycles. The van der Waals surface area contributed by atoms with E-state index in [0.29, 0.717) is 66.1 Å². The van der Waals surface area contributed by atoms with Crippen molar-refractivity contribution < 1.29 is 23.0 Å². The Balaban J connectivity index is 1.13. The molecule has 0 amide bonds. The number of halogens is 3. The van der Waals surface area contributed by atoms with Crippen LogP contribution in [0.5, 0.6) is 11.5 Å². The average molecular weight is 664 g/mol. The van der Waals surface area contributed by atoms with Crippen LogP contribution in [0.4, 0.5) is 0 Å². The maximum Gasteiger partial charge on any atom is 0.246 e. The van der Waals surface area contributed by atoms with E-state index in [1.165, 1.54) is 4.31 Å². The van der Waals surface area contributed by atoms with Crippen LogP contribution in [-0.2, 0) is 16.6 Å². The number of ether oxygens (including phenoxy) is 2. The Kier molecular flexibility index (Phi) is 10.8. The van der Waals surface area contributed by atoms with Crippen LogP contribution in [0.1, 0.15) is 18.4 Å². The quantitative estimate of drug-likeness (QED) is 0.254. The number of sulfonamides is 1. The van der Waals surface area contributed by atoms with E-state index >= 15 is 0 Å². The third-order valence-corrected chi connectivity index (χ3v) is 11.6. The molecule has 0 aliphatic carbocycles. The summed E-state index contributed by atoms with van der Waals surface area (Å²) in [6, 6.07) is 17.3. The maximum atomic E-state index is 13.0. The van der Waals surface area contributed by atoms with Gasteiger partial charge in [0.2, 0.25) is 10.0 Å². The van der Waals surface area contributed by atoms with E-state index in [0.717, 1.165) is 22.6 Å². The Labute approximate surface area is 245 Å². The fourth-order valence-corrected chi connectivity index (χ4v) is 9.07. The lowest BCUT2D eigenvalue weighted by Gasteiger charge is -2.31. The number of aliphatic hydroxyl groups is 1. The predicted octanol–water partition coefficient (Wildman–Crippen LogP) is 5.83. The van der Waals surface area contributed by atoms with E-state index in [1.807, 2.05) is 54.6 Å². The number of piperidine rings is 1. The summed E-state index contributed by atoms with van der Waals surface area (Å²) in [7, 11) is -3.72. The van der Waals surface area contributed by atoms with E-state index in [9.17, 15) is 13.5 Å². The van der Waals surface area contributed by atoms with Crippen molar-refractivity contribution in [2.75, 3.05) is 32.8 Å². The molecule has 3 aromatic rings. The van der Waals surface area contributed by atoms with E-state index in [4.69, 9.17) is 32.7 Å². The molecule has 1 aromatic heterocycles. The summed E-state index contributed by atoms with van der Waals surface area (Å²) in [5.41, 5.74) is 1.10. The summed E-state index contributed by atoms with van der Waals surface area (Å²) < 4.78 is 39.8. The molecule has 1 aliphatic rings. The van der Waals surface area contributed by atoms with Gasteiger partial charge in [-0.2, -0.15) is 4.31 Å². The largest absolute Gasteiger partial charge is 0.491 e. The van der Waals surface area contributed by atoms with E-state index < -0.39 is 16.1 Å². The second-order valence-electron chi connectivity index (χ2n) is 9.01. The van der Waals surface area contributed by atoms with Crippen LogP contribution in [0, 0.1) is 5.92 Å². The van der Waals surface area contributed by atoms with Gasteiger partial charge in [0.15, 0.2) is 0 Å². The number of hydrogen-bond acceptors (Lipinski definition) is 7. The van der Waals surface area contributed by atoms with Crippen molar-refractivity contribution >= 4 is 60.5 Å². The van der Waals surface area contributed by atoms with Crippen LogP contribution >= 0.6 is 50.5 Å². The molecule has 38 heavy (non-hydrogen) atoms. The molecule has 0 spiro atoms. The molecule has 0 bridgehead atoms. The summed E-state index contributed by atoms with van der Waals surface area (Å²) in [4.78, 5) is 0.0446. The van der Waals surface area contributed by atoms with Crippen LogP contribution in [0.25, 0.3) is 0 Å². The van der Waals surface area contributed by atoms with Gasteiger partial charge in [-0.3, -0.25) is 0 Å². The second-order valence-corrected chi connectivity index (χ2v) is 13.9. The predicted molar refractivity (Wildman–Crippen MR) is 155 cm³/mol. The standard InChI is InChI=1S/C26H29BrCl2N2O5S2/c27-23-24(26(29)37-25(23)28)38(33,34)31-12-10-18(11-13-31)14-30-15-20(32)17-36-22-8-6-21(7-9-22)35-16-19-4-2-1-3-5-19/h1-9,18,20,30,32H,10-17H2/t20-/m0/s1. The Bertz CT molecular complexity index is 1280. The Hall–Kier alpha value is -1.37. The first-order valence-corrected chi connectivity index (χ1v) is 16.0. The van der Waals surface area contributed by atoms with Gasteiger partial charge >= 0.3 is 0 Å². The van der Waals surface area contributed by atoms with Gasteiger partial charge in [-0.05, 0) is 71.1 Å². The van der Waals surface area contributed by atoms with Crippen molar-refractivity contribution in [1.29, 1.82) is 0 Å². The lowest BCUT2D eigenvalue weighted by Crippen LogP contribution is -2.42. The number of nitrogens with one attached hydrogen (secondary N) is 1. The SMILES string of the molecule is O=S(=O)(c1c(Cl)sc(Cl)c1Br)N1CCC(CNC[C@H](O)COc2ccc(OCc3ccccc3)cc2)CC1. The first kappa shape index (κ1) is 29.6. The molecule has 0 saturated carbocycles. The Morgan fingerprint density at radius 2 is 1.66 bits per heavy atom. The van der Waals surface area contributed by atoms with Gasteiger partial charge in [0.25, 0.3) is 0 Å². The second kappa shape index (κ2) is 13.8. The Morgan fingerprint density at radius 1 is 1.03 bits per heavy atom. The zero-order valence-electron chi connectivity index (χ0n) is 20.5. The van der Waals surface area contributed by atoms with Crippen LogP contribution in [-0.4, -0.2) is 56.7 Å². The maximum absolute atomic E-state index is 13.0. The average Bonchev–Trinajstić information content (AvgIpc) is 3.19. The first-order valence-electron chi connectivity index (χ1n) is 12.2. The van der Waals surface area contributed by atoms with E-state index in [1.54, 1.807) is 0 Å². The number of aliphatic hydroxyl groups excluding tert-OH is 1. The third-order valence-electron chi connectivity index (χ3n) is 6.23. The van der Waals surface area contributed by atoms with Gasteiger partial charge < -0.3 is 19.9 Å². The highest BCUT2D eigenvalue weighted by atomic mass is 79.9. The summed E-state index contributed by atoms with van der Waals surface area (Å²) in [5.74, 6) is 1.71. The number of nitrogens with zero attached hydrogens (tertiary/aromatic N) is 1. The molecule has 7 nitrogen and oxygen atoms in total. The van der Waals surface area contributed by atoms with Crippen molar-refractivity contribution in [3.63, 3.8) is 0 Å². The van der Waals surface area contributed by atoms with Crippen LogP contribution < -0.4 is 14.8 Å². The molecule has 1 atom stereocenters. The van der Waals surface area contributed by atoms with E-state index in [-0.39, 0.29) is 15.8 Å². The highest BCUT2D eigenvalue weighted by molar-refractivity contribution is 9.10. The molecule has 12 heteroatoms. The number of thiophene rings is 1. The van der Waals surface area contributed by atoms with Gasteiger partial charge in [-0.15, -0.1) is 11.3 Å². The van der Waals surface area contributed by atoms with Crippen molar-refractivity contribution in [2.45, 2.75) is 30.4 Å². The number of hydrogen-bond donors (Lipinski definition) is 2. The normalized spacial score (nSPS) is 15.9. The van der Waals surface area contributed by atoms with Gasteiger partial charge in [-0.25, -0.2) is 8.42 Å². The van der Waals surface area contributed by atoms with Gasteiger partial charge in [0.1, 0.15) is 44.4 Å². The zero-order chi connectivity index (χ0) is 27.1. The molecule has 1 aliphatic heterocycles. The lowest BCUT2D eigenvalue weighted by atomic mass is 9.98. The molecular weight excluding hydrogens is 635 g/mol. The number of rotatable bonds is 12. The van der Waals surface area contributed by atoms with Gasteiger partial charge in [0, 0.05) is 19.6 Å². The summed E-state index contributed by atoms with van der Waals surface area (Å²) in [5, 5.41) is 13.6.